The number of rotatable bonds is 5. The Kier molecular flexibility index (Phi) is 6.12. The number of aryl methyl sites for hydroxylation is 2. The van der Waals surface area contributed by atoms with Gasteiger partial charge in [-0.15, -0.1) is 0 Å². The highest BCUT2D eigenvalue weighted by Crippen LogP contribution is 2.19. The number of piperidine rings is 1. The van der Waals surface area contributed by atoms with E-state index in [1.807, 2.05) is 11.7 Å². The summed E-state index contributed by atoms with van der Waals surface area (Å²) in [6.45, 7) is 11.1. The van der Waals surface area contributed by atoms with Gasteiger partial charge in [0, 0.05) is 57.4 Å². The van der Waals surface area contributed by atoms with Crippen molar-refractivity contribution in [2.75, 3.05) is 39.3 Å². The van der Waals surface area contributed by atoms with Gasteiger partial charge in [-0.2, -0.15) is 5.10 Å². The summed E-state index contributed by atoms with van der Waals surface area (Å²) in [5.74, 6) is 1.09. The molecule has 0 radical (unpaired) electrons. The molecule has 1 amide bonds. The molecule has 0 bridgehead atoms. The van der Waals surface area contributed by atoms with Crippen molar-refractivity contribution in [3.63, 3.8) is 0 Å². The normalized spacial score (nSPS) is 20.2. The van der Waals surface area contributed by atoms with E-state index in [4.69, 9.17) is 0 Å². The Bertz CT molecular complexity index is 583. The lowest BCUT2D eigenvalue weighted by molar-refractivity contribution is -0.133. The van der Waals surface area contributed by atoms with Crippen LogP contribution in [-0.4, -0.2) is 64.8 Å². The second kappa shape index (κ2) is 8.32. The number of nitrogens with zero attached hydrogens (tertiary/aromatic N) is 4. The average Bonchev–Trinajstić information content (AvgIpc) is 2.87. The van der Waals surface area contributed by atoms with E-state index in [1.165, 1.54) is 24.1 Å². The van der Waals surface area contributed by atoms with Gasteiger partial charge in [0.1, 0.15) is 0 Å². The first-order valence-electron chi connectivity index (χ1n) is 9.74. The molecule has 0 aromatic carbocycles. The molecule has 1 aromatic heterocycles. The van der Waals surface area contributed by atoms with Gasteiger partial charge in [-0.05, 0) is 52.1 Å². The largest absolute Gasteiger partial charge is 0.340 e. The monoisotopic (exact) mass is 347 g/mol. The van der Waals surface area contributed by atoms with Crippen LogP contribution in [-0.2, 0) is 18.4 Å². The Morgan fingerprint density at radius 2 is 1.84 bits per heavy atom. The molecule has 0 aliphatic carbocycles. The van der Waals surface area contributed by atoms with Gasteiger partial charge in [0.2, 0.25) is 5.91 Å². The fourth-order valence-electron chi connectivity index (χ4n) is 4.08. The molecule has 0 atom stereocenters. The van der Waals surface area contributed by atoms with E-state index in [0.717, 1.165) is 70.3 Å². The molecule has 2 aliphatic heterocycles. The Hall–Kier alpha value is -1.40. The molecular weight excluding hydrogens is 314 g/mol. The summed E-state index contributed by atoms with van der Waals surface area (Å²) in [5.41, 5.74) is 3.71. The minimum absolute atomic E-state index is 0.354. The third-order valence-electron chi connectivity index (χ3n) is 5.99. The van der Waals surface area contributed by atoms with Crippen molar-refractivity contribution < 1.29 is 4.79 Å². The van der Waals surface area contributed by atoms with E-state index in [-0.39, 0.29) is 0 Å². The van der Waals surface area contributed by atoms with Crippen LogP contribution in [0.1, 0.15) is 42.6 Å². The van der Waals surface area contributed by atoms with Gasteiger partial charge >= 0.3 is 0 Å². The lowest BCUT2D eigenvalue weighted by atomic mass is 9.93. The van der Waals surface area contributed by atoms with Gasteiger partial charge in [-0.3, -0.25) is 14.4 Å². The fourth-order valence-corrected chi connectivity index (χ4v) is 4.08. The molecular formula is C19H33N5O. The smallest absolute Gasteiger partial charge is 0.222 e. The molecule has 0 unspecified atom stereocenters. The van der Waals surface area contributed by atoms with Crippen molar-refractivity contribution in [3.8, 4) is 0 Å². The van der Waals surface area contributed by atoms with Gasteiger partial charge in [0.15, 0.2) is 0 Å². The summed E-state index contributed by atoms with van der Waals surface area (Å²) in [7, 11) is 2.00. The second-order valence-electron chi connectivity index (χ2n) is 7.66. The SMILES string of the molecule is Cc1nn(C)c(C)c1CN1CCN(C(=O)CCC2CCNCC2)CC1. The Morgan fingerprint density at radius 1 is 1.16 bits per heavy atom. The van der Waals surface area contributed by atoms with Gasteiger partial charge in [0.05, 0.1) is 5.69 Å². The maximum absolute atomic E-state index is 12.5. The van der Waals surface area contributed by atoms with Gasteiger partial charge in [-0.25, -0.2) is 0 Å². The van der Waals surface area contributed by atoms with Crippen LogP contribution in [0.2, 0.25) is 0 Å². The van der Waals surface area contributed by atoms with E-state index in [0.29, 0.717) is 5.91 Å². The number of carbonyl (C=O) groups excluding carboxylic acids is 1. The number of aromatic nitrogens is 2. The van der Waals surface area contributed by atoms with Crippen molar-refractivity contribution in [3.05, 3.63) is 17.0 Å². The molecule has 2 aliphatic rings. The highest BCUT2D eigenvalue weighted by atomic mass is 16.2. The van der Waals surface area contributed by atoms with Gasteiger partial charge < -0.3 is 10.2 Å². The molecule has 6 nitrogen and oxygen atoms in total. The lowest BCUT2D eigenvalue weighted by Crippen LogP contribution is -2.48. The molecule has 0 saturated carbocycles. The highest BCUT2D eigenvalue weighted by Gasteiger charge is 2.23. The number of amides is 1. The standard InChI is InChI=1S/C19H33N5O/c1-15-18(16(2)22(3)21-15)14-23-10-12-24(13-11-23)19(25)5-4-17-6-8-20-9-7-17/h17,20H,4-14H2,1-3H3. The molecule has 1 N–H and O–H groups in total. The Morgan fingerprint density at radius 3 is 2.44 bits per heavy atom. The quantitative estimate of drug-likeness (QED) is 0.876. The van der Waals surface area contributed by atoms with Gasteiger partial charge in [0.25, 0.3) is 0 Å². The number of hydrogen-bond acceptors (Lipinski definition) is 4. The summed E-state index contributed by atoms with van der Waals surface area (Å²) in [6.07, 6.45) is 4.25. The number of carbonyl (C=O) groups is 1. The summed E-state index contributed by atoms with van der Waals surface area (Å²) >= 11 is 0. The van der Waals surface area contributed by atoms with Gasteiger partial charge in [-0.1, -0.05) is 0 Å². The molecule has 2 fully saturated rings. The van der Waals surface area contributed by atoms with Crippen LogP contribution in [0, 0.1) is 19.8 Å². The first-order chi connectivity index (χ1) is 12.0. The zero-order valence-corrected chi connectivity index (χ0v) is 16.1. The molecule has 3 heterocycles. The molecule has 6 heteroatoms. The van der Waals surface area contributed by atoms with Crippen LogP contribution >= 0.6 is 0 Å². The predicted molar refractivity (Wildman–Crippen MR) is 99.4 cm³/mol. The van der Waals surface area contributed by atoms with Crippen molar-refractivity contribution in [1.82, 2.24) is 24.9 Å². The van der Waals surface area contributed by atoms with E-state index in [2.05, 4.69) is 34.1 Å². The molecule has 0 spiro atoms. The van der Waals surface area contributed by atoms with Crippen LogP contribution in [0.5, 0.6) is 0 Å². The highest BCUT2D eigenvalue weighted by molar-refractivity contribution is 5.76. The minimum Gasteiger partial charge on any atom is -0.340 e. The van der Waals surface area contributed by atoms with Crippen LogP contribution in [0.15, 0.2) is 0 Å². The van der Waals surface area contributed by atoms with Crippen molar-refractivity contribution in [1.29, 1.82) is 0 Å². The number of piperazine rings is 1. The number of hydrogen-bond donors (Lipinski definition) is 1. The number of nitrogens with one attached hydrogen (secondary N) is 1. The Balaban J connectivity index is 1.42. The molecule has 2 saturated heterocycles. The van der Waals surface area contributed by atoms with Crippen LogP contribution in [0.3, 0.4) is 0 Å². The molecule has 1 aromatic rings. The van der Waals surface area contributed by atoms with E-state index < -0.39 is 0 Å². The fraction of sp³-hybridized carbons (Fsp3) is 0.789. The summed E-state index contributed by atoms with van der Waals surface area (Å²) < 4.78 is 1.96. The third kappa shape index (κ3) is 4.61. The maximum atomic E-state index is 12.5. The van der Waals surface area contributed by atoms with Crippen LogP contribution in [0.25, 0.3) is 0 Å². The Labute approximate surface area is 151 Å². The van der Waals surface area contributed by atoms with Crippen molar-refractivity contribution in [2.24, 2.45) is 13.0 Å². The van der Waals surface area contributed by atoms with Crippen LogP contribution in [0.4, 0.5) is 0 Å². The first kappa shape index (κ1) is 18.4. The maximum Gasteiger partial charge on any atom is 0.222 e. The molecule has 140 valence electrons. The van der Waals surface area contributed by atoms with E-state index >= 15 is 0 Å². The van der Waals surface area contributed by atoms with E-state index in [9.17, 15) is 4.79 Å². The third-order valence-corrected chi connectivity index (χ3v) is 5.99. The van der Waals surface area contributed by atoms with Crippen LogP contribution < -0.4 is 5.32 Å². The summed E-state index contributed by atoms with van der Waals surface area (Å²) in [6, 6.07) is 0. The topological polar surface area (TPSA) is 53.4 Å². The van der Waals surface area contributed by atoms with E-state index in [1.54, 1.807) is 0 Å². The minimum atomic E-state index is 0.354. The summed E-state index contributed by atoms with van der Waals surface area (Å²) in [4.78, 5) is 17.0. The predicted octanol–water partition coefficient (Wildman–Crippen LogP) is 1.46. The van der Waals surface area contributed by atoms with Crippen molar-refractivity contribution in [2.45, 2.75) is 46.1 Å². The van der Waals surface area contributed by atoms with Crippen molar-refractivity contribution >= 4 is 5.91 Å². The molecule has 25 heavy (non-hydrogen) atoms. The molecule has 3 rings (SSSR count). The zero-order chi connectivity index (χ0) is 17.8. The summed E-state index contributed by atoms with van der Waals surface area (Å²) in [5, 5.41) is 7.90. The first-order valence-corrected chi connectivity index (χ1v) is 9.74. The average molecular weight is 348 g/mol. The zero-order valence-electron chi connectivity index (χ0n) is 16.1. The second-order valence-corrected chi connectivity index (χ2v) is 7.66. The lowest BCUT2D eigenvalue weighted by Gasteiger charge is -2.35.